The van der Waals surface area contributed by atoms with Gasteiger partial charge in [-0.15, -0.1) is 0 Å². The lowest BCUT2D eigenvalue weighted by atomic mass is 9.80. The maximum atomic E-state index is 13.1. The summed E-state index contributed by atoms with van der Waals surface area (Å²) in [6.07, 6.45) is 3.37. The van der Waals surface area contributed by atoms with Gasteiger partial charge in [-0.3, -0.25) is 14.6 Å². The van der Waals surface area contributed by atoms with Crippen LogP contribution in [0.1, 0.15) is 57.9 Å². The number of hydrogen-bond donors (Lipinski definition) is 2. The van der Waals surface area contributed by atoms with Gasteiger partial charge in [-0.1, -0.05) is 36.4 Å². The fourth-order valence-corrected chi connectivity index (χ4v) is 4.39. The Morgan fingerprint density at radius 1 is 1.06 bits per heavy atom. The summed E-state index contributed by atoms with van der Waals surface area (Å²) in [7, 11) is 0. The van der Waals surface area contributed by atoms with E-state index in [-0.39, 0.29) is 23.7 Å². The molecule has 0 amide bonds. The van der Waals surface area contributed by atoms with E-state index in [1.165, 1.54) is 0 Å². The predicted octanol–water partition coefficient (Wildman–Crippen LogP) is 5.38. The molecule has 4 rings (SSSR count). The number of anilines is 1. The molecular weight excluding hydrogens is 400 g/mol. The maximum absolute atomic E-state index is 13.1. The third-order valence-corrected chi connectivity index (χ3v) is 6.34. The standard InChI is InChI=1S/C27H28N2O3/c1-17-5-3-4-6-24(17)25(16-26(30)20-11-12-28-18(2)13-20)19-7-9-22(10-8-19)29-23-14-21(15-23)27(31)32/h3-13,21,23,25,29H,14-16H2,1-2H3,(H,31,32)/t21?,23?,25-/m1/s1. The lowest BCUT2D eigenvalue weighted by molar-refractivity contribution is -0.144. The van der Waals surface area contributed by atoms with E-state index in [1.807, 2.05) is 37.3 Å². The quantitative estimate of drug-likeness (QED) is 0.471. The minimum Gasteiger partial charge on any atom is -0.481 e. The van der Waals surface area contributed by atoms with Crippen molar-refractivity contribution in [3.63, 3.8) is 0 Å². The molecule has 1 atom stereocenters. The van der Waals surface area contributed by atoms with Crippen molar-refractivity contribution in [2.45, 2.75) is 45.1 Å². The average molecular weight is 429 g/mol. The van der Waals surface area contributed by atoms with Gasteiger partial charge in [0.1, 0.15) is 0 Å². The van der Waals surface area contributed by atoms with Gasteiger partial charge in [0.05, 0.1) is 5.92 Å². The van der Waals surface area contributed by atoms with Gasteiger partial charge in [-0.2, -0.15) is 0 Å². The molecule has 1 heterocycles. The van der Waals surface area contributed by atoms with E-state index in [0.717, 1.165) is 28.1 Å². The third-order valence-electron chi connectivity index (χ3n) is 6.34. The number of nitrogens with zero attached hydrogens (tertiary/aromatic N) is 1. The Kier molecular flexibility index (Phi) is 6.35. The summed E-state index contributed by atoms with van der Waals surface area (Å²) in [5, 5.41) is 12.5. The average Bonchev–Trinajstić information content (AvgIpc) is 2.75. The molecule has 1 aromatic heterocycles. The fourth-order valence-electron chi connectivity index (χ4n) is 4.39. The molecule has 1 aliphatic rings. The molecule has 3 aromatic rings. The molecule has 0 aliphatic heterocycles. The van der Waals surface area contributed by atoms with Crippen molar-refractivity contribution in [2.75, 3.05) is 5.32 Å². The summed E-state index contributed by atoms with van der Waals surface area (Å²) in [4.78, 5) is 28.3. The van der Waals surface area contributed by atoms with Crippen LogP contribution in [0.4, 0.5) is 5.69 Å². The van der Waals surface area contributed by atoms with E-state index in [4.69, 9.17) is 5.11 Å². The molecular formula is C27H28N2O3. The van der Waals surface area contributed by atoms with E-state index in [1.54, 1.807) is 12.3 Å². The Morgan fingerprint density at radius 3 is 2.44 bits per heavy atom. The summed E-state index contributed by atoms with van der Waals surface area (Å²) in [5.41, 5.74) is 5.89. The first-order valence-electron chi connectivity index (χ1n) is 11.0. The van der Waals surface area contributed by atoms with Crippen molar-refractivity contribution in [2.24, 2.45) is 5.92 Å². The maximum Gasteiger partial charge on any atom is 0.306 e. The lowest BCUT2D eigenvalue weighted by Crippen LogP contribution is -2.39. The number of aliphatic carboxylic acids is 1. The summed E-state index contributed by atoms with van der Waals surface area (Å²) in [5.74, 6) is -0.903. The van der Waals surface area contributed by atoms with Crippen molar-refractivity contribution in [3.05, 3.63) is 94.8 Å². The Balaban J connectivity index is 1.54. The molecule has 0 saturated heterocycles. The van der Waals surface area contributed by atoms with E-state index < -0.39 is 5.97 Å². The van der Waals surface area contributed by atoms with Gasteiger partial charge in [0, 0.05) is 41.5 Å². The Morgan fingerprint density at radius 2 is 1.78 bits per heavy atom. The van der Waals surface area contributed by atoms with Gasteiger partial charge < -0.3 is 10.4 Å². The number of Topliss-reactive ketones (excluding diaryl/α,β-unsaturated/α-hetero) is 1. The second-order valence-corrected chi connectivity index (χ2v) is 8.69. The number of hydrogen-bond acceptors (Lipinski definition) is 4. The van der Waals surface area contributed by atoms with Crippen LogP contribution in [0.25, 0.3) is 0 Å². The summed E-state index contributed by atoms with van der Waals surface area (Å²) in [6, 6.07) is 20.2. The minimum atomic E-state index is -0.714. The number of carbonyl (C=O) groups excluding carboxylic acids is 1. The van der Waals surface area contributed by atoms with Crippen LogP contribution in [0.2, 0.25) is 0 Å². The van der Waals surface area contributed by atoms with Gasteiger partial charge in [0.2, 0.25) is 0 Å². The molecule has 5 nitrogen and oxygen atoms in total. The normalized spacial score (nSPS) is 18.4. The molecule has 1 fully saturated rings. The van der Waals surface area contributed by atoms with Crippen molar-refractivity contribution >= 4 is 17.4 Å². The highest BCUT2D eigenvalue weighted by Crippen LogP contribution is 2.34. The number of carbonyl (C=O) groups is 2. The first-order valence-corrected chi connectivity index (χ1v) is 11.0. The molecule has 164 valence electrons. The van der Waals surface area contributed by atoms with Crippen LogP contribution in [-0.2, 0) is 4.79 Å². The van der Waals surface area contributed by atoms with E-state index in [9.17, 15) is 9.59 Å². The molecule has 2 aromatic carbocycles. The zero-order valence-corrected chi connectivity index (χ0v) is 18.4. The first kappa shape index (κ1) is 21.8. The second kappa shape index (κ2) is 9.35. The molecule has 0 bridgehead atoms. The third kappa shape index (κ3) is 4.88. The number of rotatable bonds is 8. The summed E-state index contributed by atoms with van der Waals surface area (Å²) in [6.45, 7) is 3.97. The highest BCUT2D eigenvalue weighted by atomic mass is 16.4. The topological polar surface area (TPSA) is 79.3 Å². The minimum absolute atomic E-state index is 0.0497. The van der Waals surface area contributed by atoms with Crippen LogP contribution in [0.15, 0.2) is 66.9 Å². The number of carboxylic acid groups (broad SMARTS) is 1. The van der Waals surface area contributed by atoms with E-state index in [2.05, 4.69) is 41.5 Å². The van der Waals surface area contributed by atoms with Crippen LogP contribution in [0.3, 0.4) is 0 Å². The number of ketones is 1. The van der Waals surface area contributed by atoms with Crippen LogP contribution in [-0.4, -0.2) is 27.9 Å². The molecule has 0 radical (unpaired) electrons. The van der Waals surface area contributed by atoms with Crippen LogP contribution < -0.4 is 5.32 Å². The highest BCUT2D eigenvalue weighted by Gasteiger charge is 2.34. The number of aryl methyl sites for hydroxylation is 2. The molecule has 1 saturated carbocycles. The van der Waals surface area contributed by atoms with Gasteiger partial charge in [-0.05, 0) is 67.6 Å². The van der Waals surface area contributed by atoms with Gasteiger partial charge in [0.15, 0.2) is 5.78 Å². The zero-order valence-electron chi connectivity index (χ0n) is 18.4. The van der Waals surface area contributed by atoms with Gasteiger partial charge in [0.25, 0.3) is 0 Å². The van der Waals surface area contributed by atoms with E-state index >= 15 is 0 Å². The monoisotopic (exact) mass is 428 g/mol. The van der Waals surface area contributed by atoms with Crippen molar-refractivity contribution in [1.82, 2.24) is 4.98 Å². The summed E-state index contributed by atoms with van der Waals surface area (Å²) < 4.78 is 0. The number of pyridine rings is 1. The highest BCUT2D eigenvalue weighted by molar-refractivity contribution is 5.96. The molecule has 0 spiro atoms. The van der Waals surface area contributed by atoms with E-state index in [0.29, 0.717) is 24.8 Å². The van der Waals surface area contributed by atoms with Crippen molar-refractivity contribution < 1.29 is 14.7 Å². The zero-order chi connectivity index (χ0) is 22.7. The van der Waals surface area contributed by atoms with Crippen LogP contribution >= 0.6 is 0 Å². The van der Waals surface area contributed by atoms with Crippen LogP contribution in [0.5, 0.6) is 0 Å². The van der Waals surface area contributed by atoms with Crippen molar-refractivity contribution in [3.8, 4) is 0 Å². The number of nitrogens with one attached hydrogen (secondary N) is 1. The Bertz CT molecular complexity index is 1120. The number of benzene rings is 2. The smallest absolute Gasteiger partial charge is 0.306 e. The predicted molar refractivity (Wildman–Crippen MR) is 125 cm³/mol. The van der Waals surface area contributed by atoms with Gasteiger partial charge >= 0.3 is 5.97 Å². The first-order chi connectivity index (χ1) is 15.4. The lowest BCUT2D eigenvalue weighted by Gasteiger charge is -2.33. The van der Waals surface area contributed by atoms with Gasteiger partial charge in [-0.25, -0.2) is 0 Å². The molecule has 5 heteroatoms. The Labute approximate surface area is 188 Å². The number of carboxylic acids is 1. The molecule has 2 N–H and O–H groups in total. The largest absolute Gasteiger partial charge is 0.481 e. The Hall–Kier alpha value is -3.47. The molecule has 0 unspecified atom stereocenters. The SMILES string of the molecule is Cc1cc(C(=O)C[C@H](c2ccc(NC3CC(C(=O)O)C3)cc2)c2ccccc2C)ccn1. The van der Waals surface area contributed by atoms with Crippen molar-refractivity contribution in [1.29, 1.82) is 0 Å². The summed E-state index contributed by atoms with van der Waals surface area (Å²) >= 11 is 0. The molecule has 32 heavy (non-hydrogen) atoms. The van der Waals surface area contributed by atoms with Crippen LogP contribution in [0, 0.1) is 19.8 Å². The number of aromatic nitrogens is 1. The second-order valence-electron chi connectivity index (χ2n) is 8.69. The fraction of sp³-hybridized carbons (Fsp3) is 0.296. The molecule has 1 aliphatic carbocycles.